The first kappa shape index (κ1) is 17.7. The van der Waals surface area contributed by atoms with E-state index in [0.29, 0.717) is 11.8 Å². The summed E-state index contributed by atoms with van der Waals surface area (Å²) in [6.45, 7) is 0.264. The minimum Gasteiger partial charge on any atom is -0.448 e. The Morgan fingerprint density at radius 1 is 1.37 bits per heavy atom. The molecule has 0 fully saturated rings. The number of alkyl halides is 3. The van der Waals surface area contributed by atoms with Gasteiger partial charge in [0.05, 0.1) is 0 Å². The molecule has 11 heteroatoms. The van der Waals surface area contributed by atoms with Gasteiger partial charge in [-0.1, -0.05) is 0 Å². The molecule has 0 aliphatic rings. The maximum Gasteiger partial charge on any atom is 0.492 e. The second kappa shape index (κ2) is 7.96. The quantitative estimate of drug-likeness (QED) is 0.391. The van der Waals surface area contributed by atoms with Crippen molar-refractivity contribution < 1.29 is 37.1 Å². The lowest BCUT2D eigenvalue weighted by molar-refractivity contribution is -0.207. The molecule has 0 aromatic heterocycles. The van der Waals surface area contributed by atoms with Crippen molar-refractivity contribution in [2.75, 3.05) is 13.1 Å². The maximum atomic E-state index is 11.7. The van der Waals surface area contributed by atoms with Gasteiger partial charge in [-0.3, -0.25) is 9.59 Å². The normalized spacial score (nSPS) is 12.7. The monoisotopic (exact) mass is 304 g/mol. The summed E-state index contributed by atoms with van der Waals surface area (Å²) in [6.07, 6.45) is -5.17. The molecule has 1 atom stereocenters. The van der Waals surface area contributed by atoms with Crippen LogP contribution in [0.1, 0.15) is 6.92 Å². The highest BCUT2D eigenvalue weighted by Gasteiger charge is 2.41. The van der Waals surface area contributed by atoms with Crippen LogP contribution in [0.25, 0.3) is 0 Å². The summed E-state index contributed by atoms with van der Waals surface area (Å²) < 4.78 is 39.7. The van der Waals surface area contributed by atoms with E-state index >= 15 is 0 Å². The van der Waals surface area contributed by atoms with Gasteiger partial charge in [-0.05, 0) is 11.8 Å². The second-order valence-electron chi connectivity index (χ2n) is 2.97. The molecule has 19 heavy (non-hydrogen) atoms. The molecule has 0 heterocycles. The number of rotatable bonds is 6. The fourth-order valence-electron chi connectivity index (χ4n) is 0.712. The van der Waals surface area contributed by atoms with Gasteiger partial charge in [-0.15, -0.1) is 5.48 Å². The SMILES string of the molecule is CC(=O)SC(CN)OC(=O)CNOC(=O)C(F)(F)F. The molecule has 0 rings (SSSR count). The first-order valence-electron chi connectivity index (χ1n) is 4.74. The predicted molar refractivity (Wildman–Crippen MR) is 57.4 cm³/mol. The summed E-state index contributed by atoms with van der Waals surface area (Å²) in [7, 11) is 0. The van der Waals surface area contributed by atoms with Crippen LogP contribution in [0.5, 0.6) is 0 Å². The lowest BCUT2D eigenvalue weighted by Crippen LogP contribution is -2.36. The van der Waals surface area contributed by atoms with Gasteiger partial charge in [0.1, 0.15) is 6.54 Å². The highest BCUT2D eigenvalue weighted by molar-refractivity contribution is 8.14. The largest absolute Gasteiger partial charge is 0.492 e. The average Bonchev–Trinajstić information content (AvgIpc) is 2.25. The lowest BCUT2D eigenvalue weighted by Gasteiger charge is -2.14. The van der Waals surface area contributed by atoms with Crippen LogP contribution >= 0.6 is 11.8 Å². The number of esters is 1. The average molecular weight is 304 g/mol. The third-order valence-electron chi connectivity index (χ3n) is 1.37. The zero-order valence-corrected chi connectivity index (χ0v) is 10.5. The minimum absolute atomic E-state index is 0.154. The van der Waals surface area contributed by atoms with E-state index in [2.05, 4.69) is 9.57 Å². The summed E-state index contributed by atoms with van der Waals surface area (Å²) in [6, 6.07) is 0. The summed E-state index contributed by atoms with van der Waals surface area (Å²) in [5, 5.41) is -0.347. The van der Waals surface area contributed by atoms with Crippen molar-refractivity contribution in [3.05, 3.63) is 0 Å². The summed E-state index contributed by atoms with van der Waals surface area (Å²) >= 11 is 0.649. The molecule has 3 N–H and O–H groups in total. The van der Waals surface area contributed by atoms with Gasteiger partial charge >= 0.3 is 18.1 Å². The van der Waals surface area contributed by atoms with E-state index < -0.39 is 30.1 Å². The Labute approximate surface area is 109 Å². The molecule has 0 aliphatic heterocycles. The Kier molecular flexibility index (Phi) is 7.41. The molecule has 0 spiro atoms. The number of carbonyl (C=O) groups is 3. The van der Waals surface area contributed by atoms with E-state index in [-0.39, 0.29) is 11.7 Å². The molecule has 0 saturated carbocycles. The van der Waals surface area contributed by atoms with E-state index in [1.165, 1.54) is 12.4 Å². The van der Waals surface area contributed by atoms with Crippen LogP contribution in [0, 0.1) is 0 Å². The van der Waals surface area contributed by atoms with Crippen molar-refractivity contribution in [3.8, 4) is 0 Å². The Hall–Kier alpha value is -1.33. The van der Waals surface area contributed by atoms with Gasteiger partial charge in [0.2, 0.25) is 0 Å². The van der Waals surface area contributed by atoms with Crippen LogP contribution < -0.4 is 11.2 Å². The van der Waals surface area contributed by atoms with Crippen LogP contribution in [0.2, 0.25) is 0 Å². The molecule has 110 valence electrons. The van der Waals surface area contributed by atoms with E-state index in [1.54, 1.807) is 0 Å². The predicted octanol–water partition coefficient (Wildman–Crippen LogP) is -0.296. The molecule has 7 nitrogen and oxygen atoms in total. The van der Waals surface area contributed by atoms with Crippen molar-refractivity contribution in [2.24, 2.45) is 5.73 Å². The molecule has 0 bridgehead atoms. The van der Waals surface area contributed by atoms with Crippen molar-refractivity contribution in [2.45, 2.75) is 18.5 Å². The van der Waals surface area contributed by atoms with Gasteiger partial charge < -0.3 is 15.3 Å². The molecule has 0 aromatic carbocycles. The molecule has 0 aliphatic carbocycles. The summed E-state index contributed by atoms with van der Waals surface area (Å²) in [4.78, 5) is 35.6. The molecular formula is C8H11F3N2O5S. The first-order valence-corrected chi connectivity index (χ1v) is 5.62. The van der Waals surface area contributed by atoms with E-state index in [4.69, 9.17) is 5.73 Å². The lowest BCUT2D eigenvalue weighted by atomic mass is 10.6. The van der Waals surface area contributed by atoms with Gasteiger partial charge in [0, 0.05) is 13.5 Å². The smallest absolute Gasteiger partial charge is 0.448 e. The molecular weight excluding hydrogens is 293 g/mol. The van der Waals surface area contributed by atoms with Crippen molar-refractivity contribution in [1.82, 2.24) is 5.48 Å². The number of nitrogens with two attached hydrogens (primary N) is 1. The van der Waals surface area contributed by atoms with Crippen LogP contribution in [-0.2, 0) is 24.0 Å². The van der Waals surface area contributed by atoms with Crippen molar-refractivity contribution in [1.29, 1.82) is 0 Å². The number of thioether (sulfide) groups is 1. The zero-order valence-electron chi connectivity index (χ0n) is 9.65. The molecule has 0 saturated heterocycles. The van der Waals surface area contributed by atoms with Gasteiger partial charge in [0.15, 0.2) is 10.6 Å². The third kappa shape index (κ3) is 8.40. The number of ether oxygens (including phenoxy) is 1. The molecule has 0 aromatic rings. The minimum atomic E-state index is -5.17. The molecule has 0 amide bonds. The summed E-state index contributed by atoms with van der Waals surface area (Å²) in [5.41, 5.74) is 5.74. The Bertz CT molecular complexity index is 350. The van der Waals surface area contributed by atoms with E-state index in [9.17, 15) is 27.6 Å². The maximum absolute atomic E-state index is 11.7. The van der Waals surface area contributed by atoms with Crippen molar-refractivity contribution in [3.63, 3.8) is 0 Å². The fourth-order valence-corrected chi connectivity index (χ4v) is 1.33. The molecule has 1 unspecified atom stereocenters. The first-order chi connectivity index (χ1) is 8.66. The highest BCUT2D eigenvalue weighted by Crippen LogP contribution is 2.15. The van der Waals surface area contributed by atoms with Crippen LogP contribution in [0.15, 0.2) is 0 Å². The van der Waals surface area contributed by atoms with Gasteiger partial charge in [-0.25, -0.2) is 4.79 Å². The Balaban J connectivity index is 3.99. The third-order valence-corrected chi connectivity index (χ3v) is 2.25. The fraction of sp³-hybridized carbons (Fsp3) is 0.625. The number of carbonyl (C=O) groups excluding carboxylic acids is 3. The van der Waals surface area contributed by atoms with Gasteiger partial charge in [0.25, 0.3) is 0 Å². The number of hydrogen-bond donors (Lipinski definition) is 2. The van der Waals surface area contributed by atoms with Crippen molar-refractivity contribution >= 4 is 28.8 Å². The number of hydrogen-bond acceptors (Lipinski definition) is 8. The van der Waals surface area contributed by atoms with Crippen LogP contribution in [0.4, 0.5) is 13.2 Å². The van der Waals surface area contributed by atoms with E-state index in [0.717, 1.165) is 0 Å². The zero-order chi connectivity index (χ0) is 15.1. The number of hydroxylamine groups is 1. The van der Waals surface area contributed by atoms with Crippen LogP contribution in [-0.4, -0.2) is 41.8 Å². The highest BCUT2D eigenvalue weighted by atomic mass is 32.2. The van der Waals surface area contributed by atoms with E-state index in [1.807, 2.05) is 0 Å². The Morgan fingerprint density at radius 2 is 1.95 bits per heavy atom. The summed E-state index contributed by atoms with van der Waals surface area (Å²) in [5.74, 6) is -3.52. The topological polar surface area (TPSA) is 108 Å². The van der Waals surface area contributed by atoms with Gasteiger partial charge in [-0.2, -0.15) is 13.2 Å². The Morgan fingerprint density at radius 3 is 2.37 bits per heavy atom. The second-order valence-corrected chi connectivity index (χ2v) is 4.31. The number of halogens is 3. The van der Waals surface area contributed by atoms with Crippen LogP contribution in [0.3, 0.4) is 0 Å². The molecule has 0 radical (unpaired) electrons. The standard InChI is InChI=1S/C8H11F3N2O5S/c1-4(14)19-6(2-12)17-5(15)3-13-18-7(16)8(9,10)11/h6,13H,2-3,12H2,1H3. The number of nitrogens with one attached hydrogen (secondary N) is 1.